The standard InChI is InChI=1S/C13H14ClNO4S/c14-7-10(16)8-15-13-3-1-2-9-6-11(20(17,18)19)4-5-12(9)13/h1-6,10,15-16H,7-8H2,(H,17,18,19). The second-order valence-corrected chi connectivity index (χ2v) is 6.08. The van der Waals surface area contributed by atoms with E-state index in [2.05, 4.69) is 5.32 Å². The third-order valence-electron chi connectivity index (χ3n) is 2.86. The van der Waals surface area contributed by atoms with Crippen molar-refractivity contribution >= 4 is 38.2 Å². The average Bonchev–Trinajstić information content (AvgIpc) is 2.43. The molecule has 1 unspecified atom stereocenters. The maximum absolute atomic E-state index is 11.1. The van der Waals surface area contributed by atoms with Gasteiger partial charge in [0.05, 0.1) is 16.9 Å². The highest BCUT2D eigenvalue weighted by molar-refractivity contribution is 7.85. The Morgan fingerprint density at radius 1 is 1.25 bits per heavy atom. The smallest absolute Gasteiger partial charge is 0.294 e. The molecule has 2 aromatic rings. The zero-order chi connectivity index (χ0) is 14.8. The first-order valence-corrected chi connectivity index (χ1v) is 7.87. The van der Waals surface area contributed by atoms with Gasteiger partial charge in [-0.25, -0.2) is 0 Å². The minimum Gasteiger partial charge on any atom is -0.390 e. The maximum atomic E-state index is 11.1. The largest absolute Gasteiger partial charge is 0.390 e. The van der Waals surface area contributed by atoms with E-state index in [0.717, 1.165) is 11.1 Å². The number of halogens is 1. The van der Waals surface area contributed by atoms with Gasteiger partial charge < -0.3 is 10.4 Å². The number of aliphatic hydroxyl groups is 1. The second kappa shape index (κ2) is 5.97. The fourth-order valence-corrected chi connectivity index (χ4v) is 2.48. The maximum Gasteiger partial charge on any atom is 0.294 e. The molecule has 0 heterocycles. The summed E-state index contributed by atoms with van der Waals surface area (Å²) in [5.41, 5.74) is 0.758. The van der Waals surface area contributed by atoms with Crippen molar-refractivity contribution in [3.63, 3.8) is 0 Å². The van der Waals surface area contributed by atoms with Gasteiger partial charge >= 0.3 is 0 Å². The van der Waals surface area contributed by atoms with Gasteiger partial charge in [-0.05, 0) is 23.6 Å². The van der Waals surface area contributed by atoms with Crippen LogP contribution < -0.4 is 5.32 Å². The van der Waals surface area contributed by atoms with Crippen LogP contribution in [-0.4, -0.2) is 36.6 Å². The van der Waals surface area contributed by atoms with E-state index in [1.807, 2.05) is 6.07 Å². The van der Waals surface area contributed by atoms with Crippen LogP contribution in [0.15, 0.2) is 41.3 Å². The lowest BCUT2D eigenvalue weighted by Gasteiger charge is -2.12. The van der Waals surface area contributed by atoms with Crippen molar-refractivity contribution in [2.45, 2.75) is 11.0 Å². The first-order valence-electron chi connectivity index (χ1n) is 5.90. The Balaban J connectivity index is 2.39. The van der Waals surface area contributed by atoms with Crippen LogP contribution in [0.3, 0.4) is 0 Å². The topological polar surface area (TPSA) is 86.6 Å². The molecule has 3 N–H and O–H groups in total. The van der Waals surface area contributed by atoms with E-state index in [1.54, 1.807) is 18.2 Å². The molecule has 0 spiro atoms. The van der Waals surface area contributed by atoms with Gasteiger partial charge in [-0.3, -0.25) is 4.55 Å². The predicted octanol–water partition coefficient (Wildman–Crippen LogP) is 2.10. The average molecular weight is 316 g/mol. The van der Waals surface area contributed by atoms with Gasteiger partial charge in [0.15, 0.2) is 0 Å². The lowest BCUT2D eigenvalue weighted by molar-refractivity contribution is 0.211. The van der Waals surface area contributed by atoms with E-state index < -0.39 is 16.2 Å². The minimum atomic E-state index is -4.21. The third-order valence-corrected chi connectivity index (χ3v) is 4.06. The monoisotopic (exact) mass is 315 g/mol. The highest BCUT2D eigenvalue weighted by Crippen LogP contribution is 2.25. The van der Waals surface area contributed by atoms with Gasteiger partial charge in [-0.2, -0.15) is 8.42 Å². The Hall–Kier alpha value is -1.34. The molecule has 0 saturated heterocycles. The van der Waals surface area contributed by atoms with Gasteiger partial charge in [0.1, 0.15) is 0 Å². The molecule has 0 radical (unpaired) electrons. The van der Waals surface area contributed by atoms with Crippen molar-refractivity contribution in [2.24, 2.45) is 0 Å². The van der Waals surface area contributed by atoms with Crippen LogP contribution in [0.1, 0.15) is 0 Å². The highest BCUT2D eigenvalue weighted by Gasteiger charge is 2.11. The number of nitrogens with one attached hydrogen (secondary N) is 1. The number of benzene rings is 2. The summed E-state index contributed by atoms with van der Waals surface area (Å²) < 4.78 is 31.2. The van der Waals surface area contributed by atoms with Crippen LogP contribution >= 0.6 is 11.6 Å². The molecule has 0 saturated carbocycles. The molecule has 0 aliphatic carbocycles. The number of hydrogen-bond donors (Lipinski definition) is 3. The van der Waals surface area contributed by atoms with Gasteiger partial charge in [-0.15, -0.1) is 11.6 Å². The van der Waals surface area contributed by atoms with Crippen LogP contribution in [0.5, 0.6) is 0 Å². The molecule has 20 heavy (non-hydrogen) atoms. The van der Waals surface area contributed by atoms with Gasteiger partial charge in [-0.1, -0.05) is 18.2 Å². The van der Waals surface area contributed by atoms with Crippen molar-refractivity contribution < 1.29 is 18.1 Å². The molecule has 5 nitrogen and oxygen atoms in total. The van der Waals surface area contributed by atoms with E-state index in [1.165, 1.54) is 12.1 Å². The van der Waals surface area contributed by atoms with Crippen molar-refractivity contribution in [3.05, 3.63) is 36.4 Å². The van der Waals surface area contributed by atoms with Crippen molar-refractivity contribution in [2.75, 3.05) is 17.7 Å². The van der Waals surface area contributed by atoms with E-state index in [4.69, 9.17) is 16.2 Å². The molecular weight excluding hydrogens is 302 g/mol. The number of alkyl halides is 1. The molecule has 2 aromatic carbocycles. The van der Waals surface area contributed by atoms with E-state index in [9.17, 15) is 13.5 Å². The molecule has 1 atom stereocenters. The van der Waals surface area contributed by atoms with E-state index >= 15 is 0 Å². The summed E-state index contributed by atoms with van der Waals surface area (Å²) in [7, 11) is -4.21. The predicted molar refractivity (Wildman–Crippen MR) is 79.0 cm³/mol. The first-order chi connectivity index (χ1) is 9.41. The molecule has 2 rings (SSSR count). The Labute approximate surface area is 121 Å². The normalized spacial score (nSPS) is 13.3. The van der Waals surface area contributed by atoms with Crippen LogP contribution in [-0.2, 0) is 10.1 Å². The fourth-order valence-electron chi connectivity index (χ4n) is 1.86. The van der Waals surface area contributed by atoms with Gasteiger partial charge in [0.25, 0.3) is 10.1 Å². The summed E-state index contributed by atoms with van der Waals surface area (Å²) in [4.78, 5) is -0.150. The molecule has 0 aliphatic heterocycles. The summed E-state index contributed by atoms with van der Waals surface area (Å²) >= 11 is 5.52. The minimum absolute atomic E-state index is 0.130. The second-order valence-electron chi connectivity index (χ2n) is 4.35. The quantitative estimate of drug-likeness (QED) is 0.581. The molecule has 7 heteroatoms. The van der Waals surface area contributed by atoms with Crippen LogP contribution in [0.4, 0.5) is 5.69 Å². The lowest BCUT2D eigenvalue weighted by atomic mass is 10.1. The lowest BCUT2D eigenvalue weighted by Crippen LogP contribution is -2.20. The van der Waals surface area contributed by atoms with Crippen molar-refractivity contribution in [1.82, 2.24) is 0 Å². The van der Waals surface area contributed by atoms with E-state index in [-0.39, 0.29) is 10.8 Å². The summed E-state index contributed by atoms with van der Waals surface area (Å²) in [6, 6.07) is 9.65. The van der Waals surface area contributed by atoms with Crippen molar-refractivity contribution in [3.8, 4) is 0 Å². The molecular formula is C13H14ClNO4S. The number of hydrogen-bond acceptors (Lipinski definition) is 4. The highest BCUT2D eigenvalue weighted by atomic mass is 35.5. The van der Waals surface area contributed by atoms with Crippen LogP contribution in [0, 0.1) is 0 Å². The Morgan fingerprint density at radius 3 is 2.65 bits per heavy atom. The zero-order valence-corrected chi connectivity index (χ0v) is 12.0. The summed E-state index contributed by atoms with van der Waals surface area (Å²) in [5.74, 6) is 0.130. The summed E-state index contributed by atoms with van der Waals surface area (Å²) in [6.45, 7) is 0.294. The van der Waals surface area contributed by atoms with Crippen molar-refractivity contribution in [1.29, 1.82) is 0 Å². The molecule has 0 amide bonds. The number of fused-ring (bicyclic) bond motifs is 1. The fraction of sp³-hybridized carbons (Fsp3) is 0.231. The van der Waals surface area contributed by atoms with Gasteiger partial charge in [0, 0.05) is 17.6 Å². The Bertz CT molecular complexity index is 717. The molecule has 108 valence electrons. The third kappa shape index (κ3) is 3.40. The molecule has 0 fully saturated rings. The van der Waals surface area contributed by atoms with Gasteiger partial charge in [0.2, 0.25) is 0 Å². The van der Waals surface area contributed by atoms with Crippen LogP contribution in [0.25, 0.3) is 10.8 Å². The summed E-state index contributed by atoms with van der Waals surface area (Å²) in [5, 5.41) is 14.0. The van der Waals surface area contributed by atoms with Crippen LogP contribution in [0.2, 0.25) is 0 Å². The zero-order valence-electron chi connectivity index (χ0n) is 10.5. The molecule has 0 aromatic heterocycles. The molecule has 0 bridgehead atoms. The first kappa shape index (κ1) is 15.1. The number of aliphatic hydroxyl groups excluding tert-OH is 1. The molecule has 0 aliphatic rings. The Morgan fingerprint density at radius 2 is 2.00 bits per heavy atom. The SMILES string of the molecule is O=S(=O)(O)c1ccc2c(NCC(O)CCl)cccc2c1. The Kier molecular flexibility index (Phi) is 4.49. The van der Waals surface area contributed by atoms with E-state index in [0.29, 0.717) is 11.9 Å². The number of rotatable bonds is 5. The summed E-state index contributed by atoms with van der Waals surface area (Å²) in [6.07, 6.45) is -0.663. The number of anilines is 1.